The first kappa shape index (κ1) is 14.5. The Kier molecular flexibility index (Phi) is 5.54. The fraction of sp³-hybridized carbons (Fsp3) is 0.267. The van der Waals surface area contributed by atoms with Gasteiger partial charge in [0, 0.05) is 35.7 Å². The number of H-pyrrole nitrogens is 1. The van der Waals surface area contributed by atoms with Gasteiger partial charge in [0.25, 0.3) is 0 Å². The predicted molar refractivity (Wildman–Crippen MR) is 79.7 cm³/mol. The molecule has 2 rings (SSSR count). The number of methoxy groups -OCH3 is 1. The monoisotopic (exact) mass is 288 g/mol. The minimum atomic E-state index is 0.0877. The second kappa shape index (κ2) is 7.63. The number of aliphatic hydroxyl groups excluding tert-OH is 1. The molecule has 2 aromatic rings. The van der Waals surface area contributed by atoms with Gasteiger partial charge in [-0.1, -0.05) is 23.6 Å². The molecule has 2 N–H and O–H groups in total. The first-order valence-electron chi connectivity index (χ1n) is 6.22. The maximum absolute atomic E-state index is 8.73. The minimum absolute atomic E-state index is 0.0877. The molecule has 20 heavy (non-hydrogen) atoms. The van der Waals surface area contributed by atoms with Crippen molar-refractivity contribution < 1.29 is 9.84 Å². The Hall–Kier alpha value is -1.90. The Morgan fingerprint density at radius 3 is 3.05 bits per heavy atom. The molecule has 0 bridgehead atoms. The van der Waals surface area contributed by atoms with Gasteiger partial charge in [-0.25, -0.2) is 4.98 Å². The van der Waals surface area contributed by atoms with Crippen LogP contribution < -0.4 is 4.74 Å². The van der Waals surface area contributed by atoms with E-state index in [1.165, 1.54) is 0 Å². The van der Waals surface area contributed by atoms with E-state index in [2.05, 4.69) is 21.8 Å². The van der Waals surface area contributed by atoms with Crippen molar-refractivity contribution in [2.75, 3.05) is 13.7 Å². The summed E-state index contributed by atoms with van der Waals surface area (Å²) in [6, 6.07) is 5.85. The highest BCUT2D eigenvalue weighted by Crippen LogP contribution is 2.26. The summed E-state index contributed by atoms with van der Waals surface area (Å²) in [7, 11) is 1.66. The van der Waals surface area contributed by atoms with E-state index in [9.17, 15) is 0 Å². The Bertz CT molecular complexity index is 600. The van der Waals surface area contributed by atoms with E-state index < -0.39 is 0 Å². The van der Waals surface area contributed by atoms with Crippen molar-refractivity contribution in [2.24, 2.45) is 0 Å². The molecule has 0 aliphatic carbocycles. The van der Waals surface area contributed by atoms with E-state index in [4.69, 9.17) is 9.84 Å². The number of imidazole rings is 1. The van der Waals surface area contributed by atoms with Gasteiger partial charge in [-0.05, 0) is 18.2 Å². The highest BCUT2D eigenvalue weighted by Gasteiger charge is 2.05. The fourth-order valence-corrected chi connectivity index (χ4v) is 2.47. The van der Waals surface area contributed by atoms with Gasteiger partial charge in [0.05, 0.1) is 13.7 Å². The van der Waals surface area contributed by atoms with E-state index in [0.29, 0.717) is 6.42 Å². The average molecular weight is 288 g/mol. The number of aromatic nitrogens is 2. The Morgan fingerprint density at radius 1 is 1.45 bits per heavy atom. The van der Waals surface area contributed by atoms with Crippen LogP contribution in [-0.2, 0) is 5.75 Å². The van der Waals surface area contributed by atoms with Crippen LogP contribution in [-0.4, -0.2) is 28.8 Å². The number of aromatic amines is 1. The molecule has 5 heteroatoms. The van der Waals surface area contributed by atoms with Crippen LogP contribution in [0.2, 0.25) is 0 Å². The molecule has 1 heterocycles. The van der Waals surface area contributed by atoms with Crippen LogP contribution in [0, 0.1) is 11.8 Å². The van der Waals surface area contributed by atoms with Crippen LogP contribution in [0.5, 0.6) is 5.75 Å². The topological polar surface area (TPSA) is 58.1 Å². The number of rotatable bonds is 5. The van der Waals surface area contributed by atoms with Crippen LogP contribution in [0.25, 0.3) is 0 Å². The molecule has 104 valence electrons. The van der Waals surface area contributed by atoms with E-state index in [1.54, 1.807) is 31.3 Å². The third kappa shape index (κ3) is 4.05. The van der Waals surface area contributed by atoms with Crippen molar-refractivity contribution in [2.45, 2.75) is 17.3 Å². The van der Waals surface area contributed by atoms with Gasteiger partial charge < -0.3 is 14.8 Å². The summed E-state index contributed by atoms with van der Waals surface area (Å²) in [5.41, 5.74) is 2.00. The Balaban J connectivity index is 2.12. The Morgan fingerprint density at radius 2 is 2.35 bits per heavy atom. The quantitative estimate of drug-likeness (QED) is 0.655. The number of benzene rings is 1. The predicted octanol–water partition coefficient (Wildman–Crippen LogP) is 2.44. The van der Waals surface area contributed by atoms with Crippen molar-refractivity contribution in [3.8, 4) is 17.6 Å². The zero-order valence-corrected chi connectivity index (χ0v) is 12.0. The number of thioether (sulfide) groups is 1. The number of nitrogens with one attached hydrogen (secondary N) is 1. The lowest BCUT2D eigenvalue weighted by atomic mass is 10.1. The van der Waals surface area contributed by atoms with Crippen LogP contribution in [0.1, 0.15) is 17.5 Å². The molecule has 0 aliphatic rings. The number of nitrogens with zero attached hydrogens (tertiary/aromatic N) is 1. The minimum Gasteiger partial charge on any atom is -0.496 e. The van der Waals surface area contributed by atoms with Crippen molar-refractivity contribution >= 4 is 11.8 Å². The van der Waals surface area contributed by atoms with Gasteiger partial charge in [-0.3, -0.25) is 0 Å². The highest BCUT2D eigenvalue weighted by atomic mass is 32.2. The molecule has 1 aromatic carbocycles. The van der Waals surface area contributed by atoms with Crippen LogP contribution >= 0.6 is 11.8 Å². The molecule has 0 atom stereocenters. The molecule has 0 fully saturated rings. The van der Waals surface area contributed by atoms with Gasteiger partial charge in [0.15, 0.2) is 5.16 Å². The normalized spacial score (nSPS) is 9.90. The maximum Gasteiger partial charge on any atom is 0.165 e. The molecule has 0 amide bonds. The van der Waals surface area contributed by atoms with Crippen LogP contribution in [0.15, 0.2) is 35.7 Å². The molecule has 0 spiro atoms. The molecule has 0 saturated carbocycles. The van der Waals surface area contributed by atoms with Gasteiger partial charge in [0.1, 0.15) is 5.75 Å². The summed E-state index contributed by atoms with van der Waals surface area (Å²) in [5.74, 6) is 7.55. The molecule has 0 radical (unpaired) electrons. The van der Waals surface area contributed by atoms with Crippen LogP contribution in [0.3, 0.4) is 0 Å². The van der Waals surface area contributed by atoms with E-state index in [-0.39, 0.29) is 6.61 Å². The SMILES string of the molecule is COc1ccc(C#CCCO)cc1CSc1ncc[nH]1. The Labute approximate surface area is 122 Å². The molecule has 0 aliphatic heterocycles. The number of ether oxygens (including phenoxy) is 1. The molecule has 0 saturated heterocycles. The third-order valence-corrected chi connectivity index (χ3v) is 3.54. The van der Waals surface area contributed by atoms with E-state index >= 15 is 0 Å². The van der Waals surface area contributed by atoms with Crippen molar-refractivity contribution in [3.05, 3.63) is 41.7 Å². The van der Waals surface area contributed by atoms with E-state index in [0.717, 1.165) is 27.8 Å². The first-order valence-corrected chi connectivity index (χ1v) is 7.21. The lowest BCUT2D eigenvalue weighted by Gasteiger charge is -2.08. The third-order valence-electron chi connectivity index (χ3n) is 2.59. The smallest absolute Gasteiger partial charge is 0.165 e. The van der Waals surface area contributed by atoms with Gasteiger partial charge in [-0.15, -0.1) is 0 Å². The number of aliphatic hydroxyl groups is 1. The summed E-state index contributed by atoms with van der Waals surface area (Å²) < 4.78 is 5.36. The molecular formula is C15H16N2O2S. The molecule has 0 unspecified atom stereocenters. The second-order valence-corrected chi connectivity index (χ2v) is 4.95. The standard InChI is InChI=1S/C15H16N2O2S/c1-19-14-6-5-12(4-2-3-9-18)10-13(14)11-20-15-16-7-8-17-15/h5-8,10,18H,3,9,11H2,1H3,(H,16,17). The van der Waals surface area contributed by atoms with E-state index in [1.807, 2.05) is 18.2 Å². The summed E-state index contributed by atoms with van der Waals surface area (Å²) in [5, 5.41) is 9.61. The molecule has 4 nitrogen and oxygen atoms in total. The summed E-state index contributed by atoms with van der Waals surface area (Å²) in [6.45, 7) is 0.0877. The van der Waals surface area contributed by atoms with Crippen molar-refractivity contribution in [1.82, 2.24) is 9.97 Å². The average Bonchev–Trinajstić information content (AvgIpc) is 2.99. The molecule has 1 aromatic heterocycles. The van der Waals surface area contributed by atoms with Gasteiger partial charge in [-0.2, -0.15) is 0 Å². The number of hydrogen-bond acceptors (Lipinski definition) is 4. The lowest BCUT2D eigenvalue weighted by Crippen LogP contribution is -1.92. The lowest BCUT2D eigenvalue weighted by molar-refractivity contribution is 0.305. The first-order chi connectivity index (χ1) is 9.83. The molecular weight excluding hydrogens is 272 g/mol. The zero-order valence-electron chi connectivity index (χ0n) is 11.2. The fourth-order valence-electron chi connectivity index (χ4n) is 1.67. The van der Waals surface area contributed by atoms with Gasteiger partial charge >= 0.3 is 0 Å². The summed E-state index contributed by atoms with van der Waals surface area (Å²) in [6.07, 6.45) is 4.02. The second-order valence-electron chi connectivity index (χ2n) is 3.99. The zero-order chi connectivity index (χ0) is 14.2. The van der Waals surface area contributed by atoms with Gasteiger partial charge in [0.2, 0.25) is 0 Å². The summed E-state index contributed by atoms with van der Waals surface area (Å²) >= 11 is 1.61. The highest BCUT2D eigenvalue weighted by molar-refractivity contribution is 7.98. The summed E-state index contributed by atoms with van der Waals surface area (Å²) in [4.78, 5) is 7.24. The van der Waals surface area contributed by atoms with Crippen molar-refractivity contribution in [1.29, 1.82) is 0 Å². The largest absolute Gasteiger partial charge is 0.496 e. The van der Waals surface area contributed by atoms with Crippen molar-refractivity contribution in [3.63, 3.8) is 0 Å². The van der Waals surface area contributed by atoms with Crippen LogP contribution in [0.4, 0.5) is 0 Å². The number of hydrogen-bond donors (Lipinski definition) is 2. The maximum atomic E-state index is 8.73.